The van der Waals surface area contributed by atoms with E-state index in [0.717, 1.165) is 18.4 Å². The van der Waals surface area contributed by atoms with Crippen molar-refractivity contribution in [2.75, 3.05) is 5.73 Å². The number of ether oxygens (including phenoxy) is 1. The van der Waals surface area contributed by atoms with Crippen LogP contribution in [0.25, 0.3) is 11.5 Å². The fraction of sp³-hybridized carbons (Fsp3) is 0.300. The molecule has 0 bridgehead atoms. The van der Waals surface area contributed by atoms with E-state index in [1.54, 1.807) is 12.3 Å². The molecule has 1 aliphatic rings. The van der Waals surface area contributed by atoms with Crippen molar-refractivity contribution >= 4 is 6.01 Å². The number of nitrogens with zero attached hydrogens (tertiary/aromatic N) is 3. The first kappa shape index (κ1) is 9.14. The standard InChI is InChI=1S/C10H10N4O2/c11-10-14-13-9(16-10)6-1-4-8(12-5-6)15-7-2-3-7/h1,4-5,7H,2-3H2,(H2,11,14). The van der Waals surface area contributed by atoms with E-state index in [2.05, 4.69) is 15.2 Å². The molecule has 0 saturated heterocycles. The van der Waals surface area contributed by atoms with Gasteiger partial charge in [0.15, 0.2) is 0 Å². The maximum absolute atomic E-state index is 5.52. The summed E-state index contributed by atoms with van der Waals surface area (Å²) >= 11 is 0. The molecule has 82 valence electrons. The van der Waals surface area contributed by atoms with Crippen molar-refractivity contribution in [2.45, 2.75) is 18.9 Å². The van der Waals surface area contributed by atoms with Crippen LogP contribution in [0.3, 0.4) is 0 Å². The van der Waals surface area contributed by atoms with Crippen molar-refractivity contribution < 1.29 is 9.15 Å². The van der Waals surface area contributed by atoms with Gasteiger partial charge >= 0.3 is 6.01 Å². The van der Waals surface area contributed by atoms with Gasteiger partial charge in [-0.2, -0.15) is 0 Å². The van der Waals surface area contributed by atoms with Gasteiger partial charge < -0.3 is 14.9 Å². The first-order valence-corrected chi connectivity index (χ1v) is 5.03. The summed E-state index contributed by atoms with van der Waals surface area (Å²) in [5.74, 6) is 0.988. The molecule has 1 fully saturated rings. The third-order valence-electron chi connectivity index (χ3n) is 2.24. The summed E-state index contributed by atoms with van der Waals surface area (Å²) in [6, 6.07) is 3.65. The van der Waals surface area contributed by atoms with Crippen molar-refractivity contribution in [2.24, 2.45) is 0 Å². The van der Waals surface area contributed by atoms with Gasteiger partial charge in [0.1, 0.15) is 6.10 Å². The van der Waals surface area contributed by atoms with Crippen molar-refractivity contribution in [1.82, 2.24) is 15.2 Å². The highest BCUT2D eigenvalue weighted by Crippen LogP contribution is 2.26. The molecule has 0 atom stereocenters. The van der Waals surface area contributed by atoms with Crippen LogP contribution in [0.2, 0.25) is 0 Å². The molecule has 0 spiro atoms. The van der Waals surface area contributed by atoms with Gasteiger partial charge in [0.05, 0.1) is 5.56 Å². The van der Waals surface area contributed by atoms with Gasteiger partial charge in [-0.25, -0.2) is 4.98 Å². The highest BCUT2D eigenvalue weighted by molar-refractivity contribution is 5.52. The number of anilines is 1. The molecule has 2 heterocycles. The average molecular weight is 218 g/mol. The third-order valence-corrected chi connectivity index (χ3v) is 2.24. The largest absolute Gasteiger partial charge is 0.474 e. The van der Waals surface area contributed by atoms with Crippen LogP contribution in [0, 0.1) is 0 Å². The zero-order valence-electron chi connectivity index (χ0n) is 8.46. The lowest BCUT2D eigenvalue weighted by molar-refractivity contribution is 0.291. The zero-order chi connectivity index (χ0) is 11.0. The predicted octanol–water partition coefficient (Wildman–Crippen LogP) is 1.25. The van der Waals surface area contributed by atoms with Gasteiger partial charge in [-0.3, -0.25) is 0 Å². The highest BCUT2D eigenvalue weighted by Gasteiger charge is 2.23. The molecule has 3 rings (SSSR count). The van der Waals surface area contributed by atoms with E-state index in [4.69, 9.17) is 14.9 Å². The van der Waals surface area contributed by atoms with E-state index in [1.807, 2.05) is 6.07 Å². The summed E-state index contributed by atoms with van der Waals surface area (Å²) in [6.45, 7) is 0. The van der Waals surface area contributed by atoms with Crippen LogP contribution < -0.4 is 10.5 Å². The Morgan fingerprint density at radius 3 is 2.75 bits per heavy atom. The van der Waals surface area contributed by atoms with Gasteiger partial charge in [0.2, 0.25) is 5.88 Å². The van der Waals surface area contributed by atoms with Crippen LogP contribution in [-0.4, -0.2) is 21.3 Å². The van der Waals surface area contributed by atoms with Crippen LogP contribution in [0.15, 0.2) is 22.7 Å². The molecule has 0 amide bonds. The number of hydrogen-bond donors (Lipinski definition) is 1. The SMILES string of the molecule is Nc1nnc(-c2ccc(OC3CC3)nc2)o1. The lowest BCUT2D eigenvalue weighted by Gasteiger charge is -2.02. The molecule has 2 aromatic heterocycles. The Kier molecular flexibility index (Phi) is 1.99. The third kappa shape index (κ3) is 1.81. The van der Waals surface area contributed by atoms with Gasteiger partial charge in [0, 0.05) is 12.3 Å². The first-order valence-electron chi connectivity index (χ1n) is 5.03. The first-order chi connectivity index (χ1) is 7.81. The maximum atomic E-state index is 5.52. The van der Waals surface area contributed by atoms with Gasteiger partial charge in [0.25, 0.3) is 5.89 Å². The second kappa shape index (κ2) is 3.48. The fourth-order valence-corrected chi connectivity index (χ4v) is 1.28. The van der Waals surface area contributed by atoms with Gasteiger partial charge in [-0.05, 0) is 18.9 Å². The molecule has 6 nitrogen and oxygen atoms in total. The second-order valence-corrected chi connectivity index (χ2v) is 3.65. The Labute approximate surface area is 91.5 Å². The number of nitrogen functional groups attached to an aromatic ring is 1. The molecule has 0 radical (unpaired) electrons. The molecule has 2 aromatic rings. The van der Waals surface area contributed by atoms with Crippen LogP contribution in [-0.2, 0) is 0 Å². The minimum atomic E-state index is 0.0494. The summed E-state index contributed by atoms with van der Waals surface area (Å²) in [5.41, 5.74) is 6.06. The van der Waals surface area contributed by atoms with Crippen LogP contribution in [0.1, 0.15) is 12.8 Å². The Hall–Kier alpha value is -2.11. The smallest absolute Gasteiger partial charge is 0.313 e. The molecular weight excluding hydrogens is 208 g/mol. The molecule has 1 saturated carbocycles. The lowest BCUT2D eigenvalue weighted by atomic mass is 10.3. The quantitative estimate of drug-likeness (QED) is 0.834. The van der Waals surface area contributed by atoms with E-state index < -0.39 is 0 Å². The zero-order valence-corrected chi connectivity index (χ0v) is 8.46. The van der Waals surface area contributed by atoms with E-state index in [0.29, 0.717) is 17.9 Å². The summed E-state index contributed by atoms with van der Waals surface area (Å²) in [6.07, 6.45) is 4.20. The van der Waals surface area contributed by atoms with E-state index >= 15 is 0 Å². The maximum Gasteiger partial charge on any atom is 0.313 e. The van der Waals surface area contributed by atoms with Crippen molar-refractivity contribution in [1.29, 1.82) is 0 Å². The molecule has 2 N–H and O–H groups in total. The second-order valence-electron chi connectivity index (χ2n) is 3.65. The minimum Gasteiger partial charge on any atom is -0.474 e. The molecular formula is C10H10N4O2. The minimum absolute atomic E-state index is 0.0494. The topological polar surface area (TPSA) is 87.1 Å². The molecule has 1 aliphatic carbocycles. The fourth-order valence-electron chi connectivity index (χ4n) is 1.28. The lowest BCUT2D eigenvalue weighted by Crippen LogP contribution is -1.97. The summed E-state index contributed by atoms with van der Waals surface area (Å²) in [7, 11) is 0. The number of aromatic nitrogens is 3. The van der Waals surface area contributed by atoms with Gasteiger partial charge in [-0.1, -0.05) is 5.10 Å². The van der Waals surface area contributed by atoms with Crippen molar-refractivity contribution in [3.05, 3.63) is 18.3 Å². The normalized spacial score (nSPS) is 15.0. The van der Waals surface area contributed by atoms with Crippen LogP contribution in [0.5, 0.6) is 5.88 Å². The number of nitrogens with two attached hydrogens (primary N) is 1. The Morgan fingerprint density at radius 1 is 1.31 bits per heavy atom. The molecule has 0 aliphatic heterocycles. The number of rotatable bonds is 3. The number of hydrogen-bond acceptors (Lipinski definition) is 6. The predicted molar refractivity (Wildman–Crippen MR) is 55.6 cm³/mol. The Bertz CT molecular complexity index is 490. The number of pyridine rings is 1. The Morgan fingerprint density at radius 2 is 2.19 bits per heavy atom. The molecule has 0 unspecified atom stereocenters. The summed E-state index contributed by atoms with van der Waals surface area (Å²) in [5, 5.41) is 7.34. The molecule has 0 aromatic carbocycles. The van der Waals surface area contributed by atoms with Crippen molar-refractivity contribution in [3.63, 3.8) is 0 Å². The summed E-state index contributed by atoms with van der Waals surface area (Å²) in [4.78, 5) is 4.15. The van der Waals surface area contributed by atoms with Crippen LogP contribution >= 0.6 is 0 Å². The molecule has 6 heteroatoms. The average Bonchev–Trinajstić information content (AvgIpc) is 3.00. The van der Waals surface area contributed by atoms with Gasteiger partial charge in [-0.15, -0.1) is 5.10 Å². The highest BCUT2D eigenvalue weighted by atomic mass is 16.5. The van der Waals surface area contributed by atoms with E-state index in [1.165, 1.54) is 0 Å². The monoisotopic (exact) mass is 218 g/mol. The van der Waals surface area contributed by atoms with Crippen molar-refractivity contribution in [3.8, 4) is 17.3 Å². The van der Waals surface area contributed by atoms with Crippen LogP contribution in [0.4, 0.5) is 6.01 Å². The van der Waals surface area contributed by atoms with E-state index in [9.17, 15) is 0 Å². The molecule has 16 heavy (non-hydrogen) atoms. The van der Waals surface area contributed by atoms with E-state index in [-0.39, 0.29) is 6.01 Å². The Balaban J connectivity index is 1.80. The summed E-state index contributed by atoms with van der Waals surface area (Å²) < 4.78 is 10.6.